The number of rotatable bonds is 7. The number of nitrogens with one attached hydrogen (secondary N) is 1. The van der Waals surface area contributed by atoms with Crippen LogP contribution in [0.1, 0.15) is 30.5 Å². The highest BCUT2D eigenvalue weighted by Gasteiger charge is 2.31. The lowest BCUT2D eigenvalue weighted by molar-refractivity contribution is -0.137. The number of hydrogen-bond acceptors (Lipinski definition) is 4. The van der Waals surface area contributed by atoms with Gasteiger partial charge < -0.3 is 5.32 Å². The molecule has 0 bridgehead atoms. The van der Waals surface area contributed by atoms with Gasteiger partial charge in [0.15, 0.2) is 10.8 Å². The molecule has 0 fully saturated rings. The van der Waals surface area contributed by atoms with E-state index < -0.39 is 23.7 Å². The summed E-state index contributed by atoms with van der Waals surface area (Å²) in [5.74, 6) is -0.326. The first kappa shape index (κ1) is 23.7. The van der Waals surface area contributed by atoms with Crippen LogP contribution in [0.4, 0.5) is 23.2 Å². The number of benzene rings is 2. The van der Waals surface area contributed by atoms with E-state index in [1.807, 2.05) is 0 Å². The highest BCUT2D eigenvalue weighted by Crippen LogP contribution is 2.33. The van der Waals surface area contributed by atoms with Gasteiger partial charge in [-0.25, -0.2) is 14.4 Å². The van der Waals surface area contributed by atoms with E-state index in [4.69, 9.17) is 0 Å². The molecule has 34 heavy (non-hydrogen) atoms. The number of carbonyl (C=O) groups excluding carboxylic acids is 1. The number of anilines is 1. The van der Waals surface area contributed by atoms with E-state index in [-0.39, 0.29) is 11.5 Å². The van der Waals surface area contributed by atoms with Gasteiger partial charge in [-0.05, 0) is 54.4 Å². The maximum Gasteiger partial charge on any atom is 0.416 e. The first-order valence-electron chi connectivity index (χ1n) is 10.4. The number of halogens is 4. The smallest absolute Gasteiger partial charge is 0.324 e. The lowest BCUT2D eigenvalue weighted by Crippen LogP contribution is -2.26. The number of nitrogens with zero attached hydrogens (tertiary/aromatic N) is 3. The molecule has 0 saturated heterocycles. The second-order valence-electron chi connectivity index (χ2n) is 7.52. The van der Waals surface area contributed by atoms with Gasteiger partial charge in [-0.2, -0.15) is 13.2 Å². The molecule has 1 atom stereocenters. The van der Waals surface area contributed by atoms with Gasteiger partial charge >= 0.3 is 6.18 Å². The average Bonchev–Trinajstić information content (AvgIpc) is 3.17. The lowest BCUT2D eigenvalue weighted by atomic mass is 10.1. The lowest BCUT2D eigenvalue weighted by Gasteiger charge is -2.20. The van der Waals surface area contributed by atoms with Crippen molar-refractivity contribution in [2.45, 2.75) is 36.5 Å². The second-order valence-corrected chi connectivity index (χ2v) is 8.46. The van der Waals surface area contributed by atoms with Gasteiger partial charge in [0.05, 0.1) is 5.56 Å². The van der Waals surface area contributed by atoms with E-state index in [0.717, 1.165) is 17.7 Å². The van der Waals surface area contributed by atoms with Gasteiger partial charge in [-0.15, -0.1) is 0 Å². The van der Waals surface area contributed by atoms with Gasteiger partial charge in [0.1, 0.15) is 17.4 Å². The molecule has 0 saturated carbocycles. The van der Waals surface area contributed by atoms with Gasteiger partial charge in [0.2, 0.25) is 5.91 Å². The van der Waals surface area contributed by atoms with Gasteiger partial charge in [-0.1, -0.05) is 36.9 Å². The number of thioether (sulfide) groups is 1. The fourth-order valence-electron chi connectivity index (χ4n) is 3.50. The highest BCUT2D eigenvalue weighted by molar-refractivity contribution is 7.98. The molecule has 0 aliphatic rings. The average molecular weight is 489 g/mol. The van der Waals surface area contributed by atoms with Crippen LogP contribution in [0.25, 0.3) is 11.2 Å². The van der Waals surface area contributed by atoms with Gasteiger partial charge in [0.25, 0.3) is 0 Å². The number of imidazole rings is 1. The third-order valence-corrected chi connectivity index (χ3v) is 6.18. The van der Waals surface area contributed by atoms with Crippen molar-refractivity contribution in [3.8, 4) is 0 Å². The predicted molar refractivity (Wildman–Crippen MR) is 123 cm³/mol. The van der Waals surface area contributed by atoms with E-state index in [9.17, 15) is 22.4 Å². The zero-order valence-corrected chi connectivity index (χ0v) is 18.8. The Morgan fingerprint density at radius 2 is 1.88 bits per heavy atom. The summed E-state index contributed by atoms with van der Waals surface area (Å²) in [6.45, 7) is 1.81. The molecule has 0 aliphatic heterocycles. The van der Waals surface area contributed by atoms with Crippen LogP contribution in [-0.4, -0.2) is 20.4 Å². The van der Waals surface area contributed by atoms with Crippen LogP contribution in [0.5, 0.6) is 0 Å². The van der Waals surface area contributed by atoms with Crippen LogP contribution in [0.15, 0.2) is 72.0 Å². The number of fused-ring (bicyclic) bond motifs is 1. The van der Waals surface area contributed by atoms with Crippen molar-refractivity contribution < 1.29 is 22.4 Å². The molecule has 4 aromatic rings. The molecular weight excluding hydrogens is 468 g/mol. The van der Waals surface area contributed by atoms with Crippen LogP contribution < -0.4 is 5.32 Å². The fourth-order valence-corrected chi connectivity index (χ4v) is 4.51. The van der Waals surface area contributed by atoms with E-state index in [1.165, 1.54) is 36.0 Å². The van der Waals surface area contributed by atoms with Gasteiger partial charge in [-0.3, -0.25) is 9.36 Å². The molecule has 0 unspecified atom stereocenters. The first-order valence-corrected chi connectivity index (χ1v) is 11.4. The minimum Gasteiger partial charge on any atom is -0.324 e. The molecule has 1 N–H and O–H groups in total. The number of amides is 1. The van der Waals surface area contributed by atoms with Crippen LogP contribution in [0, 0.1) is 5.82 Å². The summed E-state index contributed by atoms with van der Waals surface area (Å²) in [7, 11) is 0. The Morgan fingerprint density at radius 3 is 2.59 bits per heavy atom. The Kier molecular flexibility index (Phi) is 6.87. The highest BCUT2D eigenvalue weighted by atomic mass is 32.2. The van der Waals surface area contributed by atoms with Crippen LogP contribution >= 0.6 is 11.8 Å². The molecule has 2 aromatic carbocycles. The molecule has 4 rings (SSSR count). The summed E-state index contributed by atoms with van der Waals surface area (Å²) >= 11 is 1.37. The van der Waals surface area contributed by atoms with Crippen molar-refractivity contribution in [1.29, 1.82) is 0 Å². The summed E-state index contributed by atoms with van der Waals surface area (Å²) in [5, 5.41) is 3.13. The fraction of sp³-hybridized carbons (Fsp3) is 0.208. The van der Waals surface area contributed by atoms with Gasteiger partial charge in [0, 0.05) is 17.6 Å². The van der Waals surface area contributed by atoms with Crippen LogP contribution in [0.3, 0.4) is 0 Å². The third-order valence-electron chi connectivity index (χ3n) is 5.16. The van der Waals surface area contributed by atoms with Crippen molar-refractivity contribution in [1.82, 2.24) is 14.5 Å². The second kappa shape index (κ2) is 9.84. The number of alkyl halides is 3. The molecular formula is C24H20F4N4OS. The number of pyridine rings is 1. The maximum absolute atomic E-state index is 13.2. The topological polar surface area (TPSA) is 59.8 Å². The molecule has 2 heterocycles. The standard InChI is InChI=1S/C24H20F4N4OS/c1-2-20(22(33)30-18-6-3-5-16(13-18)24(26,27)28)32-21-19(7-4-12-29-21)31-23(32)34-14-15-8-10-17(25)11-9-15/h3-13,20H,2,14H2,1H3,(H,30,33)/t20-/m0/s1. The molecule has 2 aromatic heterocycles. The van der Waals surface area contributed by atoms with Crippen molar-refractivity contribution >= 4 is 34.5 Å². The summed E-state index contributed by atoms with van der Waals surface area (Å²) in [6, 6.07) is 13.3. The molecule has 0 spiro atoms. The molecule has 0 aliphatic carbocycles. The predicted octanol–water partition coefficient (Wildman–Crippen LogP) is 6.47. The zero-order valence-electron chi connectivity index (χ0n) is 18.0. The Morgan fingerprint density at radius 1 is 1.12 bits per heavy atom. The Balaban J connectivity index is 1.64. The quantitative estimate of drug-likeness (QED) is 0.239. The SMILES string of the molecule is CC[C@@H](C(=O)Nc1cccc(C(F)(F)F)c1)n1c(SCc2ccc(F)cc2)nc2cccnc21. The monoisotopic (exact) mass is 488 g/mol. The summed E-state index contributed by atoms with van der Waals surface area (Å²) < 4.78 is 54.1. The van der Waals surface area contributed by atoms with E-state index in [2.05, 4.69) is 15.3 Å². The maximum atomic E-state index is 13.2. The van der Waals surface area contributed by atoms with Crippen molar-refractivity contribution in [3.05, 3.63) is 83.8 Å². The zero-order chi connectivity index (χ0) is 24.3. The summed E-state index contributed by atoms with van der Waals surface area (Å²) in [5.41, 5.74) is 1.17. The number of carbonyl (C=O) groups is 1. The van der Waals surface area contributed by atoms with E-state index in [1.54, 1.807) is 42.0 Å². The van der Waals surface area contributed by atoms with E-state index in [0.29, 0.717) is 28.5 Å². The normalized spacial score (nSPS) is 12.6. The Hall–Kier alpha value is -3.40. The van der Waals surface area contributed by atoms with Crippen molar-refractivity contribution in [2.75, 3.05) is 5.32 Å². The molecule has 1 amide bonds. The minimum absolute atomic E-state index is 0.0520. The van der Waals surface area contributed by atoms with Crippen molar-refractivity contribution in [2.24, 2.45) is 0 Å². The molecule has 5 nitrogen and oxygen atoms in total. The molecule has 176 valence electrons. The van der Waals surface area contributed by atoms with Crippen LogP contribution in [0.2, 0.25) is 0 Å². The van der Waals surface area contributed by atoms with E-state index >= 15 is 0 Å². The van der Waals surface area contributed by atoms with Crippen molar-refractivity contribution in [3.63, 3.8) is 0 Å². The molecule has 10 heteroatoms. The summed E-state index contributed by atoms with van der Waals surface area (Å²) in [6.07, 6.45) is -2.57. The minimum atomic E-state index is -4.51. The summed E-state index contributed by atoms with van der Waals surface area (Å²) in [4.78, 5) is 22.2. The third kappa shape index (κ3) is 5.22. The number of hydrogen-bond donors (Lipinski definition) is 1. The number of aromatic nitrogens is 3. The Labute approximate surface area is 197 Å². The largest absolute Gasteiger partial charge is 0.416 e. The van der Waals surface area contributed by atoms with Crippen LogP contribution in [-0.2, 0) is 16.7 Å². The molecule has 0 radical (unpaired) electrons. The Bertz CT molecular complexity index is 1300. The first-order chi connectivity index (χ1) is 16.3.